The van der Waals surface area contributed by atoms with Crippen LogP contribution >= 0.6 is 0 Å². The number of amides is 1. The van der Waals surface area contributed by atoms with Crippen molar-refractivity contribution in [1.29, 1.82) is 0 Å². The molecule has 8 nitrogen and oxygen atoms in total. The van der Waals surface area contributed by atoms with Gasteiger partial charge in [-0.25, -0.2) is 8.42 Å². The Kier molecular flexibility index (Phi) is 6.50. The van der Waals surface area contributed by atoms with Gasteiger partial charge in [-0.05, 0) is 41.5 Å². The molecule has 0 radical (unpaired) electrons. The SMILES string of the molecule is O=C1CO[C@H](c2ccc(NS(=O)(=O)c3ccccc3)cc2)[C@@H](CO)N1Cc1cccnc1. The monoisotopic (exact) mass is 453 g/mol. The number of ether oxygens (including phenoxy) is 1. The second-order valence-electron chi connectivity index (χ2n) is 7.40. The maximum Gasteiger partial charge on any atom is 0.261 e. The van der Waals surface area contributed by atoms with Crippen LogP contribution in [0.15, 0.2) is 84.0 Å². The van der Waals surface area contributed by atoms with Crippen LogP contribution in [0.4, 0.5) is 5.69 Å². The van der Waals surface area contributed by atoms with Crippen molar-refractivity contribution < 1.29 is 23.1 Å². The number of hydrogen-bond donors (Lipinski definition) is 2. The number of sulfonamides is 1. The van der Waals surface area contributed by atoms with Gasteiger partial charge in [-0.15, -0.1) is 0 Å². The lowest BCUT2D eigenvalue weighted by atomic mass is 9.98. The summed E-state index contributed by atoms with van der Waals surface area (Å²) in [6.45, 7) is -0.0738. The number of hydrogen-bond acceptors (Lipinski definition) is 6. The highest BCUT2D eigenvalue weighted by Crippen LogP contribution is 2.31. The number of carbonyl (C=O) groups excluding carboxylic acids is 1. The normalized spacial score (nSPS) is 19.0. The number of morpholine rings is 1. The number of anilines is 1. The van der Waals surface area contributed by atoms with Gasteiger partial charge in [0.05, 0.1) is 17.5 Å². The van der Waals surface area contributed by atoms with Crippen molar-refractivity contribution in [2.24, 2.45) is 0 Å². The van der Waals surface area contributed by atoms with Gasteiger partial charge in [0, 0.05) is 24.6 Å². The number of aliphatic hydroxyl groups is 1. The summed E-state index contributed by atoms with van der Waals surface area (Å²) >= 11 is 0. The van der Waals surface area contributed by atoms with E-state index in [4.69, 9.17) is 4.74 Å². The van der Waals surface area contributed by atoms with Crippen LogP contribution in [0.25, 0.3) is 0 Å². The molecule has 1 amide bonds. The van der Waals surface area contributed by atoms with Gasteiger partial charge in [-0.1, -0.05) is 36.4 Å². The maximum atomic E-state index is 12.5. The Hall–Kier alpha value is -3.27. The van der Waals surface area contributed by atoms with Crippen LogP contribution in [0.5, 0.6) is 0 Å². The van der Waals surface area contributed by atoms with E-state index < -0.39 is 22.2 Å². The lowest BCUT2D eigenvalue weighted by Gasteiger charge is -2.40. The molecule has 1 aliphatic rings. The summed E-state index contributed by atoms with van der Waals surface area (Å²) in [7, 11) is -3.70. The first kappa shape index (κ1) is 21.9. The Labute approximate surface area is 186 Å². The summed E-state index contributed by atoms with van der Waals surface area (Å²) in [4.78, 5) is 18.3. The summed E-state index contributed by atoms with van der Waals surface area (Å²) < 4.78 is 33.3. The molecule has 9 heteroatoms. The molecule has 166 valence electrons. The molecule has 2 N–H and O–H groups in total. The van der Waals surface area contributed by atoms with Crippen LogP contribution in [0.2, 0.25) is 0 Å². The number of pyridine rings is 1. The zero-order chi connectivity index (χ0) is 22.6. The fourth-order valence-electron chi connectivity index (χ4n) is 3.66. The molecule has 1 saturated heterocycles. The number of benzene rings is 2. The van der Waals surface area contributed by atoms with Gasteiger partial charge < -0.3 is 14.7 Å². The minimum Gasteiger partial charge on any atom is -0.394 e. The van der Waals surface area contributed by atoms with Crippen molar-refractivity contribution in [3.05, 3.63) is 90.3 Å². The largest absolute Gasteiger partial charge is 0.394 e. The van der Waals surface area contributed by atoms with E-state index in [1.807, 2.05) is 6.07 Å². The fourth-order valence-corrected chi connectivity index (χ4v) is 4.74. The van der Waals surface area contributed by atoms with Crippen molar-refractivity contribution >= 4 is 21.6 Å². The third kappa shape index (κ3) is 4.80. The molecule has 2 heterocycles. The summed E-state index contributed by atoms with van der Waals surface area (Å²) in [6, 6.07) is 17.9. The average Bonchev–Trinajstić information content (AvgIpc) is 2.82. The number of nitrogens with one attached hydrogen (secondary N) is 1. The molecular weight excluding hydrogens is 430 g/mol. The first-order valence-electron chi connectivity index (χ1n) is 10.1. The molecule has 32 heavy (non-hydrogen) atoms. The average molecular weight is 454 g/mol. The molecule has 0 spiro atoms. The topological polar surface area (TPSA) is 109 Å². The van der Waals surface area contributed by atoms with Gasteiger partial charge in [0.2, 0.25) is 5.91 Å². The molecule has 0 unspecified atom stereocenters. The molecule has 0 aliphatic carbocycles. The Morgan fingerprint density at radius 3 is 2.47 bits per heavy atom. The van der Waals surface area contributed by atoms with Gasteiger partial charge in [0.15, 0.2) is 0 Å². The Morgan fingerprint density at radius 1 is 1.06 bits per heavy atom. The second kappa shape index (κ2) is 9.47. The van der Waals surface area contributed by atoms with E-state index in [9.17, 15) is 18.3 Å². The molecule has 1 fully saturated rings. The number of nitrogens with zero attached hydrogens (tertiary/aromatic N) is 2. The van der Waals surface area contributed by atoms with Gasteiger partial charge in [0.1, 0.15) is 12.7 Å². The maximum absolute atomic E-state index is 12.5. The lowest BCUT2D eigenvalue weighted by molar-refractivity contribution is -0.162. The predicted molar refractivity (Wildman–Crippen MR) is 118 cm³/mol. The van der Waals surface area contributed by atoms with E-state index in [0.717, 1.165) is 11.1 Å². The fraction of sp³-hybridized carbons (Fsp3) is 0.217. The minimum absolute atomic E-state index is 0.107. The lowest BCUT2D eigenvalue weighted by Crippen LogP contribution is -2.52. The number of rotatable bonds is 7. The summed E-state index contributed by atoms with van der Waals surface area (Å²) in [6.07, 6.45) is 2.79. The van der Waals surface area contributed by atoms with Crippen LogP contribution < -0.4 is 4.72 Å². The minimum atomic E-state index is -3.70. The van der Waals surface area contributed by atoms with E-state index in [1.165, 1.54) is 12.1 Å². The van der Waals surface area contributed by atoms with E-state index in [0.29, 0.717) is 12.2 Å². The number of carbonyl (C=O) groups is 1. The molecular formula is C23H23N3O5S. The van der Waals surface area contributed by atoms with Crippen LogP contribution in [0.3, 0.4) is 0 Å². The van der Waals surface area contributed by atoms with Crippen molar-refractivity contribution in [3.8, 4) is 0 Å². The summed E-state index contributed by atoms with van der Waals surface area (Å²) in [5, 5.41) is 10.0. The van der Waals surface area contributed by atoms with Crippen LogP contribution in [0.1, 0.15) is 17.2 Å². The first-order chi connectivity index (χ1) is 15.5. The molecule has 4 rings (SSSR count). The summed E-state index contributed by atoms with van der Waals surface area (Å²) in [5.41, 5.74) is 1.98. The standard InChI is InChI=1S/C23H23N3O5S/c27-15-21-23(31-16-22(28)26(21)14-17-5-4-12-24-13-17)18-8-10-19(11-9-18)25-32(29,30)20-6-2-1-3-7-20/h1-13,21,23,25,27H,14-16H2/t21-,23-/m1/s1. The van der Waals surface area contributed by atoms with Crippen LogP contribution in [0, 0.1) is 0 Å². The van der Waals surface area contributed by atoms with Crippen molar-refractivity contribution in [2.75, 3.05) is 17.9 Å². The van der Waals surface area contributed by atoms with E-state index in [-0.39, 0.29) is 24.0 Å². The zero-order valence-electron chi connectivity index (χ0n) is 17.2. The Bertz CT molecular complexity index is 1160. The Balaban J connectivity index is 1.52. The van der Waals surface area contributed by atoms with E-state index >= 15 is 0 Å². The highest BCUT2D eigenvalue weighted by molar-refractivity contribution is 7.92. The molecule has 1 aromatic heterocycles. The molecule has 2 atom stereocenters. The highest BCUT2D eigenvalue weighted by Gasteiger charge is 2.37. The second-order valence-corrected chi connectivity index (χ2v) is 9.09. The van der Waals surface area contributed by atoms with E-state index in [1.54, 1.807) is 65.8 Å². The molecule has 1 aliphatic heterocycles. The van der Waals surface area contributed by atoms with Gasteiger partial charge >= 0.3 is 0 Å². The molecule has 0 bridgehead atoms. The van der Waals surface area contributed by atoms with Gasteiger partial charge in [-0.3, -0.25) is 14.5 Å². The van der Waals surface area contributed by atoms with Crippen molar-refractivity contribution in [1.82, 2.24) is 9.88 Å². The number of aromatic nitrogens is 1. The van der Waals surface area contributed by atoms with Crippen LogP contribution in [-0.4, -0.2) is 48.6 Å². The van der Waals surface area contributed by atoms with Crippen molar-refractivity contribution in [2.45, 2.75) is 23.6 Å². The zero-order valence-corrected chi connectivity index (χ0v) is 18.0. The Morgan fingerprint density at radius 2 is 1.81 bits per heavy atom. The van der Waals surface area contributed by atoms with Crippen LogP contribution in [-0.2, 0) is 26.1 Å². The summed E-state index contributed by atoms with van der Waals surface area (Å²) in [5.74, 6) is -0.212. The quantitative estimate of drug-likeness (QED) is 0.568. The third-order valence-corrected chi connectivity index (χ3v) is 6.66. The molecule has 2 aromatic carbocycles. The van der Waals surface area contributed by atoms with E-state index in [2.05, 4.69) is 9.71 Å². The first-order valence-corrected chi connectivity index (χ1v) is 11.5. The highest BCUT2D eigenvalue weighted by atomic mass is 32.2. The van der Waals surface area contributed by atoms with Gasteiger partial charge in [-0.2, -0.15) is 0 Å². The van der Waals surface area contributed by atoms with Gasteiger partial charge in [0.25, 0.3) is 10.0 Å². The third-order valence-electron chi connectivity index (χ3n) is 5.26. The smallest absolute Gasteiger partial charge is 0.261 e. The van der Waals surface area contributed by atoms with Crippen molar-refractivity contribution in [3.63, 3.8) is 0 Å². The molecule has 0 saturated carbocycles. The predicted octanol–water partition coefficient (Wildman–Crippen LogP) is 2.34. The molecule has 3 aromatic rings. The number of aliphatic hydroxyl groups excluding tert-OH is 1.